The van der Waals surface area contributed by atoms with Crippen LogP contribution in [0.1, 0.15) is 17.7 Å². The van der Waals surface area contributed by atoms with Gasteiger partial charge in [0.1, 0.15) is 5.76 Å². The number of aryl methyl sites for hydroxylation is 1. The summed E-state index contributed by atoms with van der Waals surface area (Å²) < 4.78 is 30.4. The third-order valence-electron chi connectivity index (χ3n) is 4.26. The normalized spacial score (nSPS) is 12.0. The quantitative estimate of drug-likeness (QED) is 0.613. The molecule has 2 heterocycles. The van der Waals surface area contributed by atoms with Crippen LogP contribution >= 0.6 is 0 Å². The number of aromatic nitrogens is 2. The molecule has 0 radical (unpaired) electrons. The van der Waals surface area contributed by atoms with E-state index in [0.717, 1.165) is 22.7 Å². The van der Waals surface area contributed by atoms with Crippen molar-refractivity contribution in [3.05, 3.63) is 47.9 Å². The number of H-pyrrole nitrogens is 1. The van der Waals surface area contributed by atoms with Gasteiger partial charge in [0.25, 0.3) is 0 Å². The van der Waals surface area contributed by atoms with Crippen molar-refractivity contribution in [2.75, 3.05) is 24.7 Å². The standard InChI is InChI=1S/C18H22N4O4S/c1-13-11-17(21-26-13)20-18(23)8-10-22(27(2,24)25)9-7-14-12-19-16-6-4-3-5-15(14)16/h3-6,11-12,19H,7-10H2,1-2H3,(H,20,21,23). The Bertz CT molecular complexity index is 1040. The van der Waals surface area contributed by atoms with E-state index in [1.165, 1.54) is 4.31 Å². The van der Waals surface area contributed by atoms with Crippen molar-refractivity contribution in [3.8, 4) is 0 Å². The van der Waals surface area contributed by atoms with Gasteiger partial charge in [-0.05, 0) is 25.0 Å². The van der Waals surface area contributed by atoms with Gasteiger partial charge in [-0.3, -0.25) is 4.79 Å². The number of rotatable bonds is 8. The van der Waals surface area contributed by atoms with E-state index in [0.29, 0.717) is 24.5 Å². The molecule has 0 aliphatic carbocycles. The lowest BCUT2D eigenvalue weighted by atomic mass is 10.1. The molecule has 2 aromatic heterocycles. The second kappa shape index (κ2) is 7.93. The molecule has 27 heavy (non-hydrogen) atoms. The number of anilines is 1. The Hall–Kier alpha value is -2.65. The van der Waals surface area contributed by atoms with Crippen LogP contribution in [0.4, 0.5) is 5.82 Å². The lowest BCUT2D eigenvalue weighted by Crippen LogP contribution is -2.34. The maximum atomic E-state index is 12.1. The number of sulfonamides is 1. The molecule has 0 unspecified atom stereocenters. The van der Waals surface area contributed by atoms with Gasteiger partial charge in [0.15, 0.2) is 5.82 Å². The average molecular weight is 390 g/mol. The molecule has 0 aliphatic heterocycles. The van der Waals surface area contributed by atoms with Crippen LogP contribution in [-0.2, 0) is 21.2 Å². The number of hydrogen-bond donors (Lipinski definition) is 2. The minimum atomic E-state index is -3.43. The molecule has 0 saturated carbocycles. The zero-order valence-corrected chi connectivity index (χ0v) is 16.0. The predicted octanol–water partition coefficient (Wildman–Crippen LogP) is 2.30. The van der Waals surface area contributed by atoms with E-state index in [1.807, 2.05) is 30.5 Å². The van der Waals surface area contributed by atoms with Crippen molar-refractivity contribution < 1.29 is 17.7 Å². The number of nitrogens with one attached hydrogen (secondary N) is 2. The highest BCUT2D eigenvalue weighted by atomic mass is 32.2. The molecule has 1 aromatic carbocycles. The van der Waals surface area contributed by atoms with Crippen molar-refractivity contribution >= 4 is 32.7 Å². The molecule has 0 atom stereocenters. The largest absolute Gasteiger partial charge is 0.361 e. The van der Waals surface area contributed by atoms with E-state index in [9.17, 15) is 13.2 Å². The summed E-state index contributed by atoms with van der Waals surface area (Å²) in [5, 5.41) is 7.36. The Balaban J connectivity index is 1.60. The third-order valence-corrected chi connectivity index (χ3v) is 5.56. The molecule has 3 rings (SSSR count). The molecule has 8 nitrogen and oxygen atoms in total. The van der Waals surface area contributed by atoms with E-state index in [-0.39, 0.29) is 18.9 Å². The van der Waals surface area contributed by atoms with Crippen LogP contribution in [0, 0.1) is 6.92 Å². The van der Waals surface area contributed by atoms with Crippen LogP contribution in [0.25, 0.3) is 10.9 Å². The summed E-state index contributed by atoms with van der Waals surface area (Å²) in [4.78, 5) is 15.2. The van der Waals surface area contributed by atoms with Crippen molar-refractivity contribution in [1.29, 1.82) is 0 Å². The van der Waals surface area contributed by atoms with Crippen LogP contribution in [0.3, 0.4) is 0 Å². The second-order valence-corrected chi connectivity index (χ2v) is 8.37. The number of hydrogen-bond acceptors (Lipinski definition) is 5. The lowest BCUT2D eigenvalue weighted by Gasteiger charge is -2.19. The summed E-state index contributed by atoms with van der Waals surface area (Å²) >= 11 is 0. The molecule has 0 fully saturated rings. The summed E-state index contributed by atoms with van der Waals surface area (Å²) in [5.74, 6) is 0.591. The van der Waals surface area contributed by atoms with Gasteiger partial charge in [-0.25, -0.2) is 12.7 Å². The van der Waals surface area contributed by atoms with Crippen LogP contribution in [-0.4, -0.2) is 48.1 Å². The Labute approximate surface area is 157 Å². The predicted molar refractivity (Wildman–Crippen MR) is 103 cm³/mol. The summed E-state index contributed by atoms with van der Waals surface area (Å²) in [6.45, 7) is 2.12. The summed E-state index contributed by atoms with van der Waals surface area (Å²) in [6, 6.07) is 9.47. The maximum Gasteiger partial charge on any atom is 0.226 e. The number of nitrogens with zero attached hydrogens (tertiary/aromatic N) is 2. The number of aromatic amines is 1. The van der Waals surface area contributed by atoms with Gasteiger partial charge in [-0.1, -0.05) is 23.4 Å². The van der Waals surface area contributed by atoms with Crippen LogP contribution < -0.4 is 5.32 Å². The molecule has 2 N–H and O–H groups in total. The van der Waals surface area contributed by atoms with E-state index in [1.54, 1.807) is 13.0 Å². The van der Waals surface area contributed by atoms with Gasteiger partial charge >= 0.3 is 0 Å². The first kappa shape index (κ1) is 19.1. The first-order valence-corrected chi connectivity index (χ1v) is 10.4. The highest BCUT2D eigenvalue weighted by molar-refractivity contribution is 7.88. The first-order chi connectivity index (χ1) is 12.8. The van der Waals surface area contributed by atoms with E-state index in [4.69, 9.17) is 4.52 Å². The maximum absolute atomic E-state index is 12.1. The second-order valence-electron chi connectivity index (χ2n) is 6.39. The fourth-order valence-electron chi connectivity index (χ4n) is 2.88. The topological polar surface area (TPSA) is 108 Å². The zero-order chi connectivity index (χ0) is 19.4. The Kier molecular flexibility index (Phi) is 5.62. The number of carbonyl (C=O) groups is 1. The zero-order valence-electron chi connectivity index (χ0n) is 15.2. The van der Waals surface area contributed by atoms with Gasteiger partial charge in [-0.15, -0.1) is 0 Å². The van der Waals surface area contributed by atoms with Crippen molar-refractivity contribution in [3.63, 3.8) is 0 Å². The minimum absolute atomic E-state index is 0.0346. The number of carbonyl (C=O) groups excluding carboxylic acids is 1. The molecule has 3 aromatic rings. The van der Waals surface area contributed by atoms with Crippen LogP contribution in [0.5, 0.6) is 0 Å². The third kappa shape index (κ3) is 4.95. The first-order valence-electron chi connectivity index (χ1n) is 8.56. The van der Waals surface area contributed by atoms with E-state index >= 15 is 0 Å². The van der Waals surface area contributed by atoms with Crippen LogP contribution in [0.2, 0.25) is 0 Å². The van der Waals surface area contributed by atoms with Crippen molar-refractivity contribution in [2.24, 2.45) is 0 Å². The Morgan fingerprint density at radius 1 is 1.30 bits per heavy atom. The monoisotopic (exact) mass is 390 g/mol. The lowest BCUT2D eigenvalue weighted by molar-refractivity contribution is -0.116. The van der Waals surface area contributed by atoms with Gasteiger partial charge in [0, 0.05) is 42.7 Å². The average Bonchev–Trinajstić information content (AvgIpc) is 3.20. The fourth-order valence-corrected chi connectivity index (χ4v) is 3.73. The summed E-state index contributed by atoms with van der Waals surface area (Å²) in [6.07, 6.45) is 3.64. The molecule has 144 valence electrons. The van der Waals surface area contributed by atoms with Gasteiger partial charge < -0.3 is 14.8 Å². The highest BCUT2D eigenvalue weighted by Gasteiger charge is 2.19. The molecule has 9 heteroatoms. The summed E-state index contributed by atoms with van der Waals surface area (Å²) in [5.41, 5.74) is 2.06. The Morgan fingerprint density at radius 3 is 2.78 bits per heavy atom. The number of fused-ring (bicyclic) bond motifs is 1. The summed E-state index contributed by atoms with van der Waals surface area (Å²) in [7, 11) is -3.43. The van der Waals surface area contributed by atoms with Crippen molar-refractivity contribution in [2.45, 2.75) is 19.8 Å². The fraction of sp³-hybridized carbons (Fsp3) is 0.333. The molecule has 0 spiro atoms. The van der Waals surface area contributed by atoms with Gasteiger partial charge in [0.05, 0.1) is 6.26 Å². The number of para-hydroxylation sites is 1. The van der Waals surface area contributed by atoms with Crippen LogP contribution in [0.15, 0.2) is 41.1 Å². The molecular formula is C18H22N4O4S. The number of benzene rings is 1. The Morgan fingerprint density at radius 2 is 2.07 bits per heavy atom. The molecule has 0 aliphatic rings. The van der Waals surface area contributed by atoms with E-state index in [2.05, 4.69) is 15.5 Å². The van der Waals surface area contributed by atoms with Gasteiger partial charge in [-0.2, -0.15) is 0 Å². The molecular weight excluding hydrogens is 368 g/mol. The molecule has 0 saturated heterocycles. The number of amides is 1. The van der Waals surface area contributed by atoms with E-state index < -0.39 is 10.0 Å². The van der Waals surface area contributed by atoms with Gasteiger partial charge in [0.2, 0.25) is 15.9 Å². The smallest absolute Gasteiger partial charge is 0.226 e. The molecule has 1 amide bonds. The SMILES string of the molecule is Cc1cc(NC(=O)CCN(CCc2c[nH]c3ccccc23)S(C)(=O)=O)no1. The van der Waals surface area contributed by atoms with Crippen molar-refractivity contribution in [1.82, 2.24) is 14.4 Å². The molecule has 0 bridgehead atoms. The minimum Gasteiger partial charge on any atom is -0.361 e. The highest BCUT2D eigenvalue weighted by Crippen LogP contribution is 2.19.